The van der Waals surface area contributed by atoms with Gasteiger partial charge in [-0.3, -0.25) is 14.9 Å². The topological polar surface area (TPSA) is 111 Å². The highest BCUT2D eigenvalue weighted by molar-refractivity contribution is 7.08. The van der Waals surface area contributed by atoms with Gasteiger partial charge in [-0.25, -0.2) is 4.98 Å². The summed E-state index contributed by atoms with van der Waals surface area (Å²) in [7, 11) is 0. The number of carbonyl (C=O) groups excluding carboxylic acids is 1. The van der Waals surface area contributed by atoms with Crippen LogP contribution in [0.5, 0.6) is 0 Å². The van der Waals surface area contributed by atoms with Crippen molar-refractivity contribution in [3.8, 4) is 0 Å². The standard InChI is InChI=1S/C10H8N4O3S/c11-9-3-7(8(4-12-9)14(16)17)10(15)13-6-1-2-18-5-6/h1-5H,(H2,11,12)(H,13,15). The van der Waals surface area contributed by atoms with Crippen LogP contribution in [0, 0.1) is 10.1 Å². The molecule has 0 spiro atoms. The number of anilines is 2. The third-order valence-corrected chi connectivity index (χ3v) is 2.81. The number of nitro groups is 1. The molecule has 92 valence electrons. The van der Waals surface area contributed by atoms with Gasteiger partial charge in [0.2, 0.25) is 0 Å². The number of pyridine rings is 1. The largest absolute Gasteiger partial charge is 0.384 e. The molecule has 0 aromatic carbocycles. The fraction of sp³-hybridized carbons (Fsp3) is 0. The number of hydrogen-bond acceptors (Lipinski definition) is 6. The number of nitrogen functional groups attached to an aromatic ring is 1. The quantitative estimate of drug-likeness (QED) is 0.649. The van der Waals surface area contributed by atoms with Crippen molar-refractivity contribution >= 4 is 34.4 Å². The van der Waals surface area contributed by atoms with E-state index in [0.29, 0.717) is 5.69 Å². The second kappa shape index (κ2) is 4.80. The number of carbonyl (C=O) groups is 1. The Morgan fingerprint density at radius 1 is 1.56 bits per heavy atom. The van der Waals surface area contributed by atoms with Crippen LogP contribution in [-0.2, 0) is 0 Å². The van der Waals surface area contributed by atoms with Gasteiger partial charge in [-0.15, -0.1) is 0 Å². The number of rotatable bonds is 3. The van der Waals surface area contributed by atoms with Gasteiger partial charge in [0.1, 0.15) is 17.6 Å². The number of nitrogens with one attached hydrogen (secondary N) is 1. The van der Waals surface area contributed by atoms with Crippen LogP contribution in [0.25, 0.3) is 0 Å². The van der Waals surface area contributed by atoms with Crippen molar-refractivity contribution in [2.75, 3.05) is 11.1 Å². The van der Waals surface area contributed by atoms with E-state index >= 15 is 0 Å². The van der Waals surface area contributed by atoms with E-state index in [1.807, 2.05) is 0 Å². The summed E-state index contributed by atoms with van der Waals surface area (Å²) in [6.07, 6.45) is 0.970. The lowest BCUT2D eigenvalue weighted by Crippen LogP contribution is -2.14. The van der Waals surface area contributed by atoms with Crippen molar-refractivity contribution in [3.63, 3.8) is 0 Å². The molecule has 0 saturated heterocycles. The number of nitrogens with two attached hydrogens (primary N) is 1. The van der Waals surface area contributed by atoms with Crippen molar-refractivity contribution < 1.29 is 9.72 Å². The molecule has 2 heterocycles. The molecule has 7 nitrogen and oxygen atoms in total. The number of aromatic nitrogens is 1. The van der Waals surface area contributed by atoms with Gasteiger partial charge in [0.25, 0.3) is 11.6 Å². The first-order chi connectivity index (χ1) is 8.58. The van der Waals surface area contributed by atoms with E-state index in [1.165, 1.54) is 17.4 Å². The Hall–Kier alpha value is -2.48. The highest BCUT2D eigenvalue weighted by Gasteiger charge is 2.21. The minimum absolute atomic E-state index is 0.0519. The van der Waals surface area contributed by atoms with Crippen molar-refractivity contribution in [1.29, 1.82) is 0 Å². The lowest BCUT2D eigenvalue weighted by molar-refractivity contribution is -0.385. The molecule has 0 aliphatic carbocycles. The maximum absolute atomic E-state index is 11.9. The first kappa shape index (κ1) is 12.0. The third-order valence-electron chi connectivity index (χ3n) is 2.12. The van der Waals surface area contributed by atoms with E-state index in [9.17, 15) is 14.9 Å². The molecular weight excluding hydrogens is 256 g/mol. The lowest BCUT2D eigenvalue weighted by Gasteiger charge is -2.04. The fourth-order valence-corrected chi connectivity index (χ4v) is 1.91. The van der Waals surface area contributed by atoms with Gasteiger partial charge >= 0.3 is 0 Å². The second-order valence-electron chi connectivity index (χ2n) is 3.35. The van der Waals surface area contributed by atoms with Crippen LogP contribution in [0.3, 0.4) is 0 Å². The van der Waals surface area contributed by atoms with E-state index in [2.05, 4.69) is 10.3 Å². The van der Waals surface area contributed by atoms with Gasteiger partial charge in [0.05, 0.1) is 10.6 Å². The molecule has 1 amide bonds. The summed E-state index contributed by atoms with van der Waals surface area (Å²) in [5, 5.41) is 16.8. The summed E-state index contributed by atoms with van der Waals surface area (Å²) >= 11 is 1.40. The Kier molecular flexibility index (Phi) is 3.20. The van der Waals surface area contributed by atoms with Crippen LogP contribution in [0.4, 0.5) is 17.2 Å². The molecule has 0 unspecified atom stereocenters. The molecule has 0 radical (unpaired) electrons. The average Bonchev–Trinajstić information content (AvgIpc) is 2.81. The molecule has 8 heteroatoms. The average molecular weight is 264 g/mol. The van der Waals surface area contributed by atoms with Gasteiger partial charge in [-0.1, -0.05) is 0 Å². The molecule has 0 fully saturated rings. The lowest BCUT2D eigenvalue weighted by atomic mass is 10.2. The maximum atomic E-state index is 11.9. The molecule has 2 rings (SSSR count). The molecule has 0 aliphatic heterocycles. The van der Waals surface area contributed by atoms with Gasteiger partial charge in [-0.05, 0) is 17.5 Å². The summed E-state index contributed by atoms with van der Waals surface area (Å²) in [6, 6.07) is 2.87. The summed E-state index contributed by atoms with van der Waals surface area (Å²) < 4.78 is 0. The van der Waals surface area contributed by atoms with Gasteiger partial charge < -0.3 is 11.1 Å². The molecular formula is C10H8N4O3S. The van der Waals surface area contributed by atoms with Crippen LogP contribution in [0.15, 0.2) is 29.1 Å². The molecule has 2 aromatic rings. The fourth-order valence-electron chi connectivity index (χ4n) is 1.33. The molecule has 3 N–H and O–H groups in total. The predicted molar refractivity (Wildman–Crippen MR) is 67.6 cm³/mol. The number of thiophene rings is 1. The summed E-state index contributed by atoms with van der Waals surface area (Å²) in [6.45, 7) is 0. The van der Waals surface area contributed by atoms with E-state index in [-0.39, 0.29) is 17.1 Å². The normalized spacial score (nSPS) is 10.0. The first-order valence-electron chi connectivity index (χ1n) is 4.81. The Morgan fingerprint density at radius 2 is 2.33 bits per heavy atom. The van der Waals surface area contributed by atoms with Gasteiger partial charge in [-0.2, -0.15) is 11.3 Å². The third kappa shape index (κ3) is 2.43. The summed E-state index contributed by atoms with van der Waals surface area (Å²) in [5.41, 5.74) is 5.52. The highest BCUT2D eigenvalue weighted by atomic mass is 32.1. The minimum atomic E-state index is -0.672. The van der Waals surface area contributed by atoms with Crippen molar-refractivity contribution in [2.24, 2.45) is 0 Å². The van der Waals surface area contributed by atoms with Crippen LogP contribution in [0.2, 0.25) is 0 Å². The van der Waals surface area contributed by atoms with Gasteiger partial charge in [0.15, 0.2) is 0 Å². The molecule has 0 atom stereocenters. The molecule has 18 heavy (non-hydrogen) atoms. The van der Waals surface area contributed by atoms with E-state index < -0.39 is 10.8 Å². The minimum Gasteiger partial charge on any atom is -0.384 e. The molecule has 2 aromatic heterocycles. The van der Waals surface area contributed by atoms with Crippen LogP contribution >= 0.6 is 11.3 Å². The summed E-state index contributed by atoms with van der Waals surface area (Å²) in [4.78, 5) is 25.6. The number of amides is 1. The Morgan fingerprint density at radius 3 is 2.94 bits per heavy atom. The van der Waals surface area contributed by atoms with E-state index in [4.69, 9.17) is 5.73 Å². The predicted octanol–water partition coefficient (Wildman–Crippen LogP) is 1.89. The SMILES string of the molecule is Nc1cc(C(=O)Nc2ccsc2)c([N+](=O)[O-])cn1. The van der Waals surface area contributed by atoms with Crippen LogP contribution in [0.1, 0.15) is 10.4 Å². The van der Waals surface area contributed by atoms with E-state index in [0.717, 1.165) is 6.20 Å². The number of nitrogens with zero attached hydrogens (tertiary/aromatic N) is 2. The second-order valence-corrected chi connectivity index (χ2v) is 4.13. The highest BCUT2D eigenvalue weighted by Crippen LogP contribution is 2.21. The molecule has 0 saturated carbocycles. The van der Waals surface area contributed by atoms with Crippen molar-refractivity contribution in [2.45, 2.75) is 0 Å². The van der Waals surface area contributed by atoms with E-state index in [1.54, 1.807) is 16.8 Å². The zero-order valence-corrected chi connectivity index (χ0v) is 9.81. The Labute approximate surface area is 105 Å². The zero-order valence-electron chi connectivity index (χ0n) is 8.99. The monoisotopic (exact) mass is 264 g/mol. The van der Waals surface area contributed by atoms with Gasteiger partial charge in [0, 0.05) is 5.38 Å². The van der Waals surface area contributed by atoms with Crippen molar-refractivity contribution in [1.82, 2.24) is 4.98 Å². The number of hydrogen-bond donors (Lipinski definition) is 2. The smallest absolute Gasteiger partial charge is 0.300 e. The zero-order chi connectivity index (χ0) is 13.1. The Bertz CT molecular complexity index is 597. The molecule has 0 bridgehead atoms. The maximum Gasteiger partial charge on any atom is 0.300 e. The van der Waals surface area contributed by atoms with Crippen molar-refractivity contribution in [3.05, 3.63) is 44.8 Å². The van der Waals surface area contributed by atoms with Crippen LogP contribution < -0.4 is 11.1 Å². The van der Waals surface area contributed by atoms with Crippen LogP contribution in [-0.4, -0.2) is 15.8 Å². The first-order valence-corrected chi connectivity index (χ1v) is 5.75. The summed E-state index contributed by atoms with van der Waals surface area (Å²) in [5.74, 6) is -0.537. The molecule has 0 aliphatic rings. The Balaban J connectivity index is 2.34.